The molecule has 4 rings (SSSR count). The zero-order chi connectivity index (χ0) is 26.9. The molecule has 1 fully saturated rings. The number of carbonyl (C=O) groups excluding carboxylic acids is 3. The highest BCUT2D eigenvalue weighted by molar-refractivity contribution is 9.10. The minimum atomic E-state index is -0.985. The second kappa shape index (κ2) is 10.7. The monoisotopic (exact) mass is 582 g/mol. The molecule has 1 N–H and O–H groups in total. The van der Waals surface area contributed by atoms with Gasteiger partial charge in [-0.05, 0) is 55.3 Å². The predicted molar refractivity (Wildman–Crippen MR) is 144 cm³/mol. The SMILES string of the molecule is C=CCOC(=O)c1sc(N2C(=O)C(=O)C(=C(O)c3ccc(OC)cc3C)[C@@H]2c2cccc(Br)c2)nc1C. The van der Waals surface area contributed by atoms with Crippen molar-refractivity contribution in [2.45, 2.75) is 19.9 Å². The largest absolute Gasteiger partial charge is 0.507 e. The van der Waals surface area contributed by atoms with E-state index < -0.39 is 23.7 Å². The Morgan fingerprint density at radius 2 is 2.00 bits per heavy atom. The number of aromatic nitrogens is 1. The van der Waals surface area contributed by atoms with Crippen LogP contribution in [0.4, 0.5) is 5.13 Å². The number of esters is 1. The van der Waals surface area contributed by atoms with Gasteiger partial charge < -0.3 is 14.6 Å². The number of ketones is 1. The zero-order valence-electron chi connectivity index (χ0n) is 20.3. The van der Waals surface area contributed by atoms with Gasteiger partial charge in [-0.1, -0.05) is 52.1 Å². The number of anilines is 1. The highest BCUT2D eigenvalue weighted by atomic mass is 79.9. The molecular formula is C27H23BrN2O6S. The van der Waals surface area contributed by atoms with Crippen LogP contribution in [0.15, 0.2) is 65.2 Å². The summed E-state index contributed by atoms with van der Waals surface area (Å²) in [6, 6.07) is 11.1. The first-order chi connectivity index (χ1) is 17.7. The smallest absolute Gasteiger partial charge is 0.350 e. The first kappa shape index (κ1) is 26.3. The number of carbonyl (C=O) groups is 3. The number of rotatable bonds is 7. The Balaban J connectivity index is 1.90. The predicted octanol–water partition coefficient (Wildman–Crippen LogP) is 5.50. The number of amides is 1. The topological polar surface area (TPSA) is 106 Å². The van der Waals surface area contributed by atoms with Crippen LogP contribution in [0.1, 0.15) is 38.1 Å². The minimum absolute atomic E-state index is 0.0231. The number of thiazole rings is 1. The highest BCUT2D eigenvalue weighted by Crippen LogP contribution is 2.44. The standard InChI is InChI=1S/C27H23BrN2O6S/c1-5-11-36-26(34)24-15(3)29-27(37-24)30-21(16-7-6-8-17(28)13-16)20(23(32)25(30)33)22(31)19-10-9-18(35-4)12-14(19)2/h5-10,12-13,21,31H,1,11H2,2-4H3/t21-/m0/s1. The van der Waals surface area contributed by atoms with Crippen molar-refractivity contribution in [3.05, 3.63) is 92.4 Å². The quantitative estimate of drug-likeness (QED) is 0.129. The summed E-state index contributed by atoms with van der Waals surface area (Å²) < 4.78 is 11.1. The fraction of sp³-hybridized carbons (Fsp3) is 0.185. The van der Waals surface area contributed by atoms with Crippen LogP contribution in [0.3, 0.4) is 0 Å². The lowest BCUT2D eigenvalue weighted by molar-refractivity contribution is -0.132. The van der Waals surface area contributed by atoms with Crippen molar-refractivity contribution in [2.24, 2.45) is 0 Å². The molecule has 1 atom stereocenters. The van der Waals surface area contributed by atoms with Crippen LogP contribution in [0.5, 0.6) is 5.75 Å². The van der Waals surface area contributed by atoms with E-state index in [1.165, 1.54) is 18.1 Å². The molecule has 1 aromatic heterocycles. The van der Waals surface area contributed by atoms with Crippen LogP contribution in [0.25, 0.3) is 5.76 Å². The summed E-state index contributed by atoms with van der Waals surface area (Å²) in [6.45, 7) is 6.95. The average Bonchev–Trinajstić information content (AvgIpc) is 3.38. The van der Waals surface area contributed by atoms with Crippen molar-refractivity contribution < 1.29 is 29.0 Å². The number of aliphatic hydroxyl groups excluding tert-OH is 1. The number of hydrogen-bond acceptors (Lipinski definition) is 8. The fourth-order valence-electron chi connectivity index (χ4n) is 4.07. The van der Waals surface area contributed by atoms with E-state index in [1.807, 2.05) is 6.07 Å². The van der Waals surface area contributed by atoms with Crippen LogP contribution >= 0.6 is 27.3 Å². The van der Waals surface area contributed by atoms with E-state index in [4.69, 9.17) is 9.47 Å². The lowest BCUT2D eigenvalue weighted by Gasteiger charge is -2.23. The Hall–Kier alpha value is -3.76. The van der Waals surface area contributed by atoms with Crippen molar-refractivity contribution in [1.82, 2.24) is 4.98 Å². The molecule has 1 amide bonds. The lowest BCUT2D eigenvalue weighted by Crippen LogP contribution is -2.29. The van der Waals surface area contributed by atoms with E-state index in [1.54, 1.807) is 50.2 Å². The lowest BCUT2D eigenvalue weighted by atomic mass is 9.94. The molecule has 2 heterocycles. The molecule has 37 heavy (non-hydrogen) atoms. The van der Waals surface area contributed by atoms with E-state index >= 15 is 0 Å². The second-order valence-corrected chi connectivity index (χ2v) is 10.1. The van der Waals surface area contributed by atoms with Crippen LogP contribution in [0, 0.1) is 13.8 Å². The van der Waals surface area contributed by atoms with Gasteiger partial charge in [0.15, 0.2) is 5.13 Å². The van der Waals surface area contributed by atoms with Crippen molar-refractivity contribution >= 4 is 55.8 Å². The molecular weight excluding hydrogens is 560 g/mol. The zero-order valence-corrected chi connectivity index (χ0v) is 22.7. The molecule has 1 aliphatic rings. The van der Waals surface area contributed by atoms with Gasteiger partial charge >= 0.3 is 11.9 Å². The average molecular weight is 583 g/mol. The van der Waals surface area contributed by atoms with Crippen molar-refractivity contribution in [2.75, 3.05) is 18.6 Å². The van der Waals surface area contributed by atoms with E-state index in [0.717, 1.165) is 15.8 Å². The number of nitrogens with zero attached hydrogens (tertiary/aromatic N) is 2. The van der Waals surface area contributed by atoms with Gasteiger partial charge in [0.25, 0.3) is 5.78 Å². The number of hydrogen-bond donors (Lipinski definition) is 1. The molecule has 10 heteroatoms. The van der Waals surface area contributed by atoms with Gasteiger partial charge in [-0.25, -0.2) is 9.78 Å². The van der Waals surface area contributed by atoms with Gasteiger partial charge in [0, 0.05) is 10.0 Å². The van der Waals surface area contributed by atoms with Crippen molar-refractivity contribution in [3.8, 4) is 5.75 Å². The first-order valence-corrected chi connectivity index (χ1v) is 12.8. The maximum absolute atomic E-state index is 13.4. The maximum atomic E-state index is 13.4. The van der Waals surface area contributed by atoms with Crippen LogP contribution in [-0.2, 0) is 14.3 Å². The number of aryl methyl sites for hydroxylation is 2. The van der Waals surface area contributed by atoms with Gasteiger partial charge in [-0.3, -0.25) is 14.5 Å². The van der Waals surface area contributed by atoms with Crippen LogP contribution in [-0.4, -0.2) is 41.5 Å². The molecule has 0 spiro atoms. The van der Waals surface area contributed by atoms with Crippen LogP contribution < -0.4 is 9.64 Å². The number of benzene rings is 2. The van der Waals surface area contributed by atoms with Gasteiger partial charge in [0.1, 0.15) is 23.0 Å². The molecule has 190 valence electrons. The van der Waals surface area contributed by atoms with Crippen molar-refractivity contribution in [3.63, 3.8) is 0 Å². The number of halogens is 1. The normalized spacial score (nSPS) is 16.6. The van der Waals surface area contributed by atoms with Gasteiger partial charge in [-0.15, -0.1) is 0 Å². The number of Topliss-reactive ketones (excluding diaryl/α,β-unsaturated/α-hetero) is 1. The number of methoxy groups -OCH3 is 1. The molecule has 0 unspecified atom stereocenters. The summed E-state index contributed by atoms with van der Waals surface area (Å²) in [7, 11) is 1.53. The maximum Gasteiger partial charge on any atom is 0.350 e. The summed E-state index contributed by atoms with van der Waals surface area (Å²) in [5.74, 6) is -2.05. The third-order valence-electron chi connectivity index (χ3n) is 5.81. The van der Waals surface area contributed by atoms with E-state index in [2.05, 4.69) is 27.5 Å². The first-order valence-electron chi connectivity index (χ1n) is 11.1. The molecule has 8 nitrogen and oxygen atoms in total. The van der Waals surface area contributed by atoms with Gasteiger partial charge in [-0.2, -0.15) is 0 Å². The summed E-state index contributed by atoms with van der Waals surface area (Å²) in [6.07, 6.45) is 1.45. The molecule has 3 aromatic rings. The Kier molecular flexibility index (Phi) is 7.60. The minimum Gasteiger partial charge on any atom is -0.507 e. The number of aliphatic hydroxyl groups is 1. The van der Waals surface area contributed by atoms with Crippen molar-refractivity contribution in [1.29, 1.82) is 0 Å². The number of ether oxygens (including phenoxy) is 2. The second-order valence-electron chi connectivity index (χ2n) is 8.20. The Morgan fingerprint density at radius 1 is 1.24 bits per heavy atom. The molecule has 0 aliphatic carbocycles. The summed E-state index contributed by atoms with van der Waals surface area (Å²) in [5, 5.41) is 11.5. The third kappa shape index (κ3) is 4.94. The summed E-state index contributed by atoms with van der Waals surface area (Å²) in [5.41, 5.74) is 1.90. The molecule has 1 saturated heterocycles. The third-order valence-corrected chi connectivity index (χ3v) is 7.44. The van der Waals surface area contributed by atoms with Gasteiger partial charge in [0.05, 0.1) is 24.4 Å². The molecule has 0 saturated carbocycles. The summed E-state index contributed by atoms with van der Waals surface area (Å²) in [4.78, 5) is 45.2. The summed E-state index contributed by atoms with van der Waals surface area (Å²) >= 11 is 4.38. The van der Waals surface area contributed by atoms with Gasteiger partial charge in [0.2, 0.25) is 0 Å². The van der Waals surface area contributed by atoms with E-state index in [0.29, 0.717) is 28.1 Å². The molecule has 1 aliphatic heterocycles. The Labute approximate surface area is 226 Å². The Bertz CT molecular complexity index is 1460. The molecule has 2 aromatic carbocycles. The van der Waals surface area contributed by atoms with E-state index in [-0.39, 0.29) is 27.9 Å². The Morgan fingerprint density at radius 3 is 2.65 bits per heavy atom. The molecule has 0 bridgehead atoms. The fourth-order valence-corrected chi connectivity index (χ4v) is 5.47. The van der Waals surface area contributed by atoms with E-state index in [9.17, 15) is 19.5 Å². The van der Waals surface area contributed by atoms with Crippen LogP contribution in [0.2, 0.25) is 0 Å². The molecule has 0 radical (unpaired) electrons. The highest BCUT2D eigenvalue weighted by Gasteiger charge is 2.48.